The maximum absolute atomic E-state index is 13.1. The predicted molar refractivity (Wildman–Crippen MR) is 54.2 cm³/mol. The number of halogens is 1. The summed E-state index contributed by atoms with van der Waals surface area (Å²) in [5, 5.41) is 9.60. The highest BCUT2D eigenvalue weighted by Gasteiger charge is 2.07. The summed E-state index contributed by atoms with van der Waals surface area (Å²) in [5.41, 5.74) is 1.17. The zero-order valence-electron chi connectivity index (χ0n) is 8.34. The fourth-order valence-electron chi connectivity index (χ4n) is 1.13. The maximum Gasteiger partial charge on any atom is 0.126 e. The van der Waals surface area contributed by atoms with Crippen LogP contribution in [0.1, 0.15) is 30.6 Å². The zero-order valence-corrected chi connectivity index (χ0v) is 8.34. The Kier molecular flexibility index (Phi) is 3.67. The van der Waals surface area contributed by atoms with E-state index >= 15 is 0 Å². The third-order valence-electron chi connectivity index (χ3n) is 2.05. The Morgan fingerprint density at radius 3 is 2.79 bits per heavy atom. The second kappa shape index (κ2) is 4.78. The highest BCUT2D eigenvalue weighted by atomic mass is 19.1. The molecule has 14 heavy (non-hydrogen) atoms. The largest absolute Gasteiger partial charge is 0.387 e. The fraction of sp³-hybridized carbons (Fsp3) is 0.333. The van der Waals surface area contributed by atoms with Crippen LogP contribution in [0.4, 0.5) is 4.39 Å². The van der Waals surface area contributed by atoms with Gasteiger partial charge in [-0.05, 0) is 31.0 Å². The van der Waals surface area contributed by atoms with E-state index in [2.05, 4.69) is 11.8 Å². The van der Waals surface area contributed by atoms with E-state index in [-0.39, 0.29) is 5.82 Å². The first-order valence-corrected chi connectivity index (χ1v) is 4.49. The van der Waals surface area contributed by atoms with E-state index in [9.17, 15) is 9.50 Å². The van der Waals surface area contributed by atoms with Crippen LogP contribution in [0.15, 0.2) is 18.2 Å². The van der Waals surface area contributed by atoms with Gasteiger partial charge in [0.25, 0.3) is 0 Å². The van der Waals surface area contributed by atoms with Gasteiger partial charge >= 0.3 is 0 Å². The molecule has 74 valence electrons. The van der Waals surface area contributed by atoms with Crippen molar-refractivity contribution in [3.63, 3.8) is 0 Å². The molecule has 0 spiro atoms. The van der Waals surface area contributed by atoms with Crippen molar-refractivity contribution in [3.8, 4) is 11.8 Å². The van der Waals surface area contributed by atoms with E-state index in [0.29, 0.717) is 17.5 Å². The molecule has 1 N–H and O–H groups in total. The minimum atomic E-state index is -0.697. The van der Waals surface area contributed by atoms with Gasteiger partial charge in [-0.2, -0.15) is 0 Å². The molecule has 0 aliphatic carbocycles. The first-order chi connectivity index (χ1) is 6.65. The molecule has 1 aromatic carbocycles. The number of hydrogen-bond acceptors (Lipinski definition) is 1. The number of hydrogen-bond donors (Lipinski definition) is 1. The molecule has 0 heterocycles. The fourth-order valence-corrected chi connectivity index (χ4v) is 1.13. The number of benzene rings is 1. The molecule has 0 fully saturated rings. The number of aliphatic hydroxyl groups is 1. The summed E-state index contributed by atoms with van der Waals surface area (Å²) >= 11 is 0. The van der Waals surface area contributed by atoms with E-state index < -0.39 is 6.10 Å². The topological polar surface area (TPSA) is 20.2 Å². The van der Waals surface area contributed by atoms with Crippen molar-refractivity contribution >= 4 is 0 Å². The Hall–Kier alpha value is -1.33. The standard InChI is InChI=1S/C12H13FO/c1-3-4-5-12(14)10-7-6-9(2)11(13)8-10/h6-8,12,14H,5H2,1-2H3. The lowest BCUT2D eigenvalue weighted by molar-refractivity contribution is 0.183. The van der Waals surface area contributed by atoms with E-state index in [1.807, 2.05) is 0 Å². The number of rotatable bonds is 2. The highest BCUT2D eigenvalue weighted by molar-refractivity contribution is 5.25. The molecule has 0 amide bonds. The molecule has 2 heteroatoms. The molecular weight excluding hydrogens is 179 g/mol. The molecule has 1 atom stereocenters. The molecule has 1 aromatic rings. The summed E-state index contributed by atoms with van der Waals surface area (Å²) in [6.45, 7) is 3.40. The lowest BCUT2D eigenvalue weighted by Crippen LogP contribution is -1.97. The Bertz CT molecular complexity index is 374. The van der Waals surface area contributed by atoms with Crippen LogP contribution >= 0.6 is 0 Å². The van der Waals surface area contributed by atoms with Crippen LogP contribution in [0, 0.1) is 24.6 Å². The smallest absolute Gasteiger partial charge is 0.126 e. The molecule has 0 aliphatic rings. The van der Waals surface area contributed by atoms with Gasteiger partial charge in [-0.3, -0.25) is 0 Å². The number of aryl methyl sites for hydroxylation is 1. The van der Waals surface area contributed by atoms with Gasteiger partial charge in [0, 0.05) is 6.42 Å². The maximum atomic E-state index is 13.1. The van der Waals surface area contributed by atoms with Crippen LogP contribution in [-0.2, 0) is 0 Å². The van der Waals surface area contributed by atoms with Crippen molar-refractivity contribution < 1.29 is 9.50 Å². The van der Waals surface area contributed by atoms with Crippen molar-refractivity contribution in [3.05, 3.63) is 35.1 Å². The van der Waals surface area contributed by atoms with Crippen LogP contribution in [0.25, 0.3) is 0 Å². The Morgan fingerprint density at radius 2 is 2.21 bits per heavy atom. The van der Waals surface area contributed by atoms with E-state index in [1.54, 1.807) is 26.0 Å². The van der Waals surface area contributed by atoms with Crippen molar-refractivity contribution in [2.45, 2.75) is 26.4 Å². The SMILES string of the molecule is CC#CCC(O)c1ccc(C)c(F)c1. The van der Waals surface area contributed by atoms with E-state index in [1.165, 1.54) is 6.07 Å². The summed E-state index contributed by atoms with van der Waals surface area (Å²) in [7, 11) is 0. The Labute approximate surface area is 83.6 Å². The van der Waals surface area contributed by atoms with Crippen molar-refractivity contribution in [2.75, 3.05) is 0 Å². The molecule has 0 aromatic heterocycles. The monoisotopic (exact) mass is 192 g/mol. The molecular formula is C12H13FO. The molecule has 1 rings (SSSR count). The third kappa shape index (κ3) is 2.58. The Balaban J connectivity index is 2.83. The van der Waals surface area contributed by atoms with Gasteiger partial charge in [-0.1, -0.05) is 12.1 Å². The third-order valence-corrected chi connectivity index (χ3v) is 2.05. The quantitative estimate of drug-likeness (QED) is 0.714. The lowest BCUT2D eigenvalue weighted by atomic mass is 10.0. The van der Waals surface area contributed by atoms with Gasteiger partial charge in [0.1, 0.15) is 5.82 Å². The Morgan fingerprint density at radius 1 is 1.50 bits per heavy atom. The van der Waals surface area contributed by atoms with E-state index in [4.69, 9.17) is 0 Å². The van der Waals surface area contributed by atoms with Gasteiger partial charge in [0.15, 0.2) is 0 Å². The first kappa shape index (κ1) is 10.7. The zero-order chi connectivity index (χ0) is 10.6. The van der Waals surface area contributed by atoms with Gasteiger partial charge < -0.3 is 5.11 Å². The van der Waals surface area contributed by atoms with Crippen molar-refractivity contribution in [2.24, 2.45) is 0 Å². The van der Waals surface area contributed by atoms with Gasteiger partial charge in [0.05, 0.1) is 6.10 Å². The molecule has 0 radical (unpaired) electrons. The second-order valence-corrected chi connectivity index (χ2v) is 3.16. The second-order valence-electron chi connectivity index (χ2n) is 3.16. The lowest BCUT2D eigenvalue weighted by Gasteiger charge is -2.08. The minimum absolute atomic E-state index is 0.286. The average Bonchev–Trinajstić information content (AvgIpc) is 2.18. The molecule has 1 unspecified atom stereocenters. The molecule has 0 bridgehead atoms. The molecule has 0 saturated carbocycles. The van der Waals surface area contributed by atoms with Gasteiger partial charge in [-0.15, -0.1) is 11.8 Å². The predicted octanol–water partition coefficient (Wildman–Crippen LogP) is 2.58. The molecule has 1 nitrogen and oxygen atoms in total. The summed E-state index contributed by atoms with van der Waals surface area (Å²) in [6, 6.07) is 4.74. The minimum Gasteiger partial charge on any atom is -0.387 e. The summed E-state index contributed by atoms with van der Waals surface area (Å²) in [6.07, 6.45) is -0.350. The summed E-state index contributed by atoms with van der Waals surface area (Å²) in [5.74, 6) is 5.16. The number of aliphatic hydroxyl groups excluding tert-OH is 1. The summed E-state index contributed by atoms with van der Waals surface area (Å²) < 4.78 is 13.1. The normalized spacial score (nSPS) is 11.7. The van der Waals surface area contributed by atoms with Crippen LogP contribution in [0.2, 0.25) is 0 Å². The summed E-state index contributed by atoms with van der Waals surface area (Å²) in [4.78, 5) is 0. The molecule has 0 saturated heterocycles. The van der Waals surface area contributed by atoms with Crippen molar-refractivity contribution in [1.29, 1.82) is 0 Å². The molecule has 0 aliphatic heterocycles. The van der Waals surface area contributed by atoms with Crippen LogP contribution in [0.3, 0.4) is 0 Å². The van der Waals surface area contributed by atoms with Gasteiger partial charge in [0.2, 0.25) is 0 Å². The average molecular weight is 192 g/mol. The van der Waals surface area contributed by atoms with Gasteiger partial charge in [-0.25, -0.2) is 4.39 Å². The first-order valence-electron chi connectivity index (χ1n) is 4.49. The highest BCUT2D eigenvalue weighted by Crippen LogP contribution is 2.18. The van der Waals surface area contributed by atoms with Crippen LogP contribution < -0.4 is 0 Å². The van der Waals surface area contributed by atoms with Crippen LogP contribution in [0.5, 0.6) is 0 Å². The van der Waals surface area contributed by atoms with Crippen LogP contribution in [-0.4, -0.2) is 5.11 Å². The van der Waals surface area contributed by atoms with E-state index in [0.717, 1.165) is 0 Å². The van der Waals surface area contributed by atoms with Crippen molar-refractivity contribution in [1.82, 2.24) is 0 Å².